The molecule has 0 atom stereocenters. The summed E-state index contributed by atoms with van der Waals surface area (Å²) in [5, 5.41) is 8.30. The zero-order chi connectivity index (χ0) is 20.0. The Bertz CT molecular complexity index is 341. The van der Waals surface area contributed by atoms with Crippen molar-refractivity contribution in [1.82, 2.24) is 0 Å². The monoisotopic (exact) mass is 384 g/mol. The molecule has 0 aromatic rings. The van der Waals surface area contributed by atoms with E-state index in [1.807, 2.05) is 0 Å². The van der Waals surface area contributed by atoms with Gasteiger partial charge >= 0.3 is 12.1 Å². The largest absolute Gasteiger partial charge is 0.513 e. The number of ether oxygens (including phenoxy) is 1. The molecule has 0 amide bonds. The number of esters is 1. The maximum Gasteiger partial charge on any atom is 0.513 e. The number of carboxylic acid groups (broad SMARTS) is 1. The number of carbonyl (C=O) groups is 2. The summed E-state index contributed by atoms with van der Waals surface area (Å²) in [6.45, 7) is 2.27. The third kappa shape index (κ3) is 22.9. The number of hydrogen-bond acceptors (Lipinski definition) is 3. The topological polar surface area (TPSA) is 63.6 Å². The lowest BCUT2D eigenvalue weighted by atomic mass is 10.0. The highest BCUT2D eigenvalue weighted by molar-refractivity contribution is 5.80. The average molecular weight is 385 g/mol. The normalized spacial score (nSPS) is 10.9. The predicted molar refractivity (Wildman–Crippen MR) is 112 cm³/mol. The van der Waals surface area contributed by atoms with Crippen LogP contribution in [0.15, 0.2) is 0 Å². The summed E-state index contributed by atoms with van der Waals surface area (Å²) in [6.07, 6.45) is 23.6. The second-order valence-corrected chi connectivity index (χ2v) is 7.85. The molecule has 0 heterocycles. The molecule has 4 nitrogen and oxygen atoms in total. The molecule has 4 heteroatoms. The fourth-order valence-electron chi connectivity index (χ4n) is 3.50. The molecule has 0 saturated heterocycles. The zero-order valence-corrected chi connectivity index (χ0v) is 17.8. The van der Waals surface area contributed by atoms with E-state index in [1.54, 1.807) is 0 Å². The molecule has 0 radical (unpaired) electrons. The van der Waals surface area contributed by atoms with Crippen LogP contribution >= 0.6 is 0 Å². The highest BCUT2D eigenvalue weighted by Gasteiger charge is 2.07. The maximum absolute atomic E-state index is 11.0. The molecule has 160 valence electrons. The van der Waals surface area contributed by atoms with Crippen LogP contribution in [0.1, 0.15) is 135 Å². The van der Waals surface area contributed by atoms with Crippen LogP contribution < -0.4 is 0 Å². The van der Waals surface area contributed by atoms with Gasteiger partial charge in [0.2, 0.25) is 0 Å². The van der Waals surface area contributed by atoms with Crippen molar-refractivity contribution in [2.45, 2.75) is 135 Å². The highest BCUT2D eigenvalue weighted by atomic mass is 16.7. The molecule has 0 aromatic carbocycles. The first-order chi connectivity index (χ1) is 13.2. The Balaban J connectivity index is 3.07. The third-order valence-electron chi connectivity index (χ3n) is 5.19. The first-order valence-corrected chi connectivity index (χ1v) is 11.6. The lowest BCUT2D eigenvalue weighted by molar-refractivity contribution is -0.139. The molecule has 0 unspecified atom stereocenters. The maximum atomic E-state index is 11.0. The predicted octanol–water partition coefficient (Wildman–Crippen LogP) is 8.03. The van der Waals surface area contributed by atoms with Crippen molar-refractivity contribution in [2.24, 2.45) is 0 Å². The molecule has 1 N–H and O–H groups in total. The molecule has 0 bridgehead atoms. The van der Waals surface area contributed by atoms with Crippen molar-refractivity contribution in [3.05, 3.63) is 0 Å². The van der Waals surface area contributed by atoms with Gasteiger partial charge < -0.3 is 9.84 Å². The minimum atomic E-state index is -1.50. The number of carbonyl (C=O) groups excluding carboxylic acids is 1. The van der Waals surface area contributed by atoms with Crippen molar-refractivity contribution < 1.29 is 19.4 Å². The SMILES string of the molecule is CCCCCCCCCCCCCCCCCCCCCC(=O)OC(=O)O. The summed E-state index contributed by atoms with van der Waals surface area (Å²) in [7, 11) is 0. The van der Waals surface area contributed by atoms with Crippen LogP contribution in [0.3, 0.4) is 0 Å². The van der Waals surface area contributed by atoms with Crippen LogP contribution in [0, 0.1) is 0 Å². The molecule has 0 fully saturated rings. The van der Waals surface area contributed by atoms with Crippen LogP contribution in [-0.4, -0.2) is 17.2 Å². The average Bonchev–Trinajstić information content (AvgIpc) is 2.63. The fourth-order valence-corrected chi connectivity index (χ4v) is 3.50. The van der Waals surface area contributed by atoms with Gasteiger partial charge in [-0.25, -0.2) is 4.79 Å². The van der Waals surface area contributed by atoms with Gasteiger partial charge in [-0.05, 0) is 6.42 Å². The van der Waals surface area contributed by atoms with Crippen LogP contribution in [0.2, 0.25) is 0 Å². The van der Waals surface area contributed by atoms with Gasteiger partial charge in [0.05, 0.1) is 0 Å². The van der Waals surface area contributed by atoms with Gasteiger partial charge in [0, 0.05) is 6.42 Å². The van der Waals surface area contributed by atoms with E-state index in [4.69, 9.17) is 5.11 Å². The van der Waals surface area contributed by atoms with E-state index in [2.05, 4.69) is 11.7 Å². The smallest absolute Gasteiger partial charge is 0.449 e. The van der Waals surface area contributed by atoms with E-state index < -0.39 is 12.1 Å². The number of rotatable bonds is 20. The minimum Gasteiger partial charge on any atom is -0.449 e. The Morgan fingerprint density at radius 2 is 0.852 bits per heavy atom. The van der Waals surface area contributed by atoms with Gasteiger partial charge in [0.25, 0.3) is 0 Å². The zero-order valence-electron chi connectivity index (χ0n) is 17.8. The van der Waals surface area contributed by atoms with Crippen molar-refractivity contribution in [1.29, 1.82) is 0 Å². The molecule has 0 aromatic heterocycles. The van der Waals surface area contributed by atoms with Crippen LogP contribution in [-0.2, 0) is 9.53 Å². The van der Waals surface area contributed by atoms with E-state index >= 15 is 0 Å². The van der Waals surface area contributed by atoms with Crippen LogP contribution in [0.5, 0.6) is 0 Å². The number of hydrogen-bond donors (Lipinski definition) is 1. The van der Waals surface area contributed by atoms with E-state index in [1.165, 1.54) is 103 Å². The Labute approximate surface area is 167 Å². The molecule has 0 saturated carbocycles. The Morgan fingerprint density at radius 3 is 1.15 bits per heavy atom. The molecule has 27 heavy (non-hydrogen) atoms. The molecular formula is C23H44O4. The van der Waals surface area contributed by atoms with E-state index in [0.29, 0.717) is 0 Å². The Kier molecular flexibility index (Phi) is 20.4. The Hall–Kier alpha value is -1.06. The van der Waals surface area contributed by atoms with Gasteiger partial charge in [-0.2, -0.15) is 0 Å². The Morgan fingerprint density at radius 1 is 0.556 bits per heavy atom. The van der Waals surface area contributed by atoms with Gasteiger partial charge in [0.1, 0.15) is 0 Å². The summed E-state index contributed by atoms with van der Waals surface area (Å²) >= 11 is 0. The minimum absolute atomic E-state index is 0.213. The lowest BCUT2D eigenvalue weighted by Crippen LogP contribution is -2.09. The second kappa shape index (κ2) is 21.2. The molecule has 0 spiro atoms. The lowest BCUT2D eigenvalue weighted by Gasteiger charge is -2.04. The summed E-state index contributed by atoms with van der Waals surface area (Å²) in [5.74, 6) is -0.630. The highest BCUT2D eigenvalue weighted by Crippen LogP contribution is 2.14. The van der Waals surface area contributed by atoms with Gasteiger partial charge in [-0.1, -0.05) is 122 Å². The molecule has 0 aliphatic heterocycles. The van der Waals surface area contributed by atoms with Gasteiger partial charge in [-0.15, -0.1) is 0 Å². The molecule has 0 aliphatic rings. The van der Waals surface area contributed by atoms with Crippen LogP contribution in [0.4, 0.5) is 4.79 Å². The quantitative estimate of drug-likeness (QED) is 0.131. The number of unbranched alkanes of at least 4 members (excludes halogenated alkanes) is 18. The van der Waals surface area contributed by atoms with Gasteiger partial charge in [0.15, 0.2) is 0 Å². The summed E-state index contributed by atoms with van der Waals surface area (Å²) < 4.78 is 4.06. The third-order valence-corrected chi connectivity index (χ3v) is 5.19. The van der Waals surface area contributed by atoms with E-state index in [0.717, 1.165) is 19.3 Å². The van der Waals surface area contributed by atoms with Gasteiger partial charge in [-0.3, -0.25) is 4.79 Å². The summed E-state index contributed by atoms with van der Waals surface area (Å²) in [5.41, 5.74) is 0. The second-order valence-electron chi connectivity index (χ2n) is 7.85. The van der Waals surface area contributed by atoms with Crippen LogP contribution in [0.25, 0.3) is 0 Å². The van der Waals surface area contributed by atoms with E-state index in [-0.39, 0.29) is 6.42 Å². The van der Waals surface area contributed by atoms with E-state index in [9.17, 15) is 9.59 Å². The first-order valence-electron chi connectivity index (χ1n) is 11.6. The molecule has 0 aliphatic carbocycles. The molecular weight excluding hydrogens is 340 g/mol. The van der Waals surface area contributed by atoms with Crippen molar-refractivity contribution in [3.8, 4) is 0 Å². The molecule has 0 rings (SSSR count). The van der Waals surface area contributed by atoms with Crippen molar-refractivity contribution in [2.75, 3.05) is 0 Å². The summed E-state index contributed by atoms with van der Waals surface area (Å²) in [4.78, 5) is 21.2. The van der Waals surface area contributed by atoms with Crippen molar-refractivity contribution in [3.63, 3.8) is 0 Å². The first kappa shape index (κ1) is 25.9. The standard InChI is InChI=1S/C23H44O4/c1-2-3-4-5-6-7-8-9-10-11-12-13-14-15-16-17-18-19-20-21-22(24)27-23(25)26/h2-21H2,1H3,(H,25,26). The van der Waals surface area contributed by atoms with Crippen molar-refractivity contribution >= 4 is 12.1 Å². The summed E-state index contributed by atoms with van der Waals surface area (Å²) in [6, 6.07) is 0. The fraction of sp³-hybridized carbons (Fsp3) is 0.913.